The predicted octanol–water partition coefficient (Wildman–Crippen LogP) is 3.30. The van der Waals surface area contributed by atoms with Crippen LogP contribution < -0.4 is 4.90 Å². The molecule has 0 unspecified atom stereocenters. The first-order valence-corrected chi connectivity index (χ1v) is 7.53. The molecule has 3 aromatic rings. The van der Waals surface area contributed by atoms with E-state index in [9.17, 15) is 4.39 Å². The van der Waals surface area contributed by atoms with Crippen molar-refractivity contribution in [2.24, 2.45) is 7.05 Å². The number of rotatable bonds is 5. The lowest BCUT2D eigenvalue weighted by atomic mass is 10.2. The molecule has 0 fully saturated rings. The number of aryl methyl sites for hydroxylation is 1. The van der Waals surface area contributed by atoms with Crippen LogP contribution in [0.25, 0.3) is 11.4 Å². The van der Waals surface area contributed by atoms with Gasteiger partial charge in [0.15, 0.2) is 0 Å². The third-order valence-electron chi connectivity index (χ3n) is 3.84. The summed E-state index contributed by atoms with van der Waals surface area (Å²) in [7, 11) is 4.01. The second-order valence-electron chi connectivity index (χ2n) is 5.55. The summed E-state index contributed by atoms with van der Waals surface area (Å²) in [6.07, 6.45) is 6.45. The zero-order valence-corrected chi connectivity index (χ0v) is 13.3. The normalized spacial score (nSPS) is 10.7. The number of pyridine rings is 1. The molecule has 0 N–H and O–H groups in total. The Bertz CT molecular complexity index is 765. The van der Waals surface area contributed by atoms with Crippen LogP contribution in [0.2, 0.25) is 0 Å². The molecule has 5 heteroatoms. The van der Waals surface area contributed by atoms with E-state index in [1.54, 1.807) is 24.5 Å². The molecule has 0 aliphatic heterocycles. The molecular weight excluding hydrogens is 291 g/mol. The van der Waals surface area contributed by atoms with Gasteiger partial charge in [0.25, 0.3) is 0 Å². The number of aromatic nitrogens is 3. The highest BCUT2D eigenvalue weighted by Crippen LogP contribution is 2.19. The number of hydrogen-bond acceptors (Lipinski definition) is 3. The van der Waals surface area contributed by atoms with Gasteiger partial charge in [0.1, 0.15) is 11.6 Å². The minimum absolute atomic E-state index is 0.234. The molecule has 0 saturated heterocycles. The van der Waals surface area contributed by atoms with Gasteiger partial charge < -0.3 is 9.47 Å². The summed E-state index contributed by atoms with van der Waals surface area (Å²) in [5.74, 6) is 0.619. The third-order valence-corrected chi connectivity index (χ3v) is 3.84. The van der Waals surface area contributed by atoms with Crippen molar-refractivity contribution in [3.05, 3.63) is 66.5 Å². The highest BCUT2D eigenvalue weighted by atomic mass is 19.1. The van der Waals surface area contributed by atoms with Crippen molar-refractivity contribution in [1.29, 1.82) is 0 Å². The van der Waals surface area contributed by atoms with Crippen LogP contribution >= 0.6 is 0 Å². The van der Waals surface area contributed by atoms with Gasteiger partial charge in [0.2, 0.25) is 0 Å². The van der Waals surface area contributed by atoms with Crippen LogP contribution in [0, 0.1) is 5.82 Å². The van der Waals surface area contributed by atoms with Gasteiger partial charge >= 0.3 is 0 Å². The highest BCUT2D eigenvalue weighted by Gasteiger charge is 2.09. The van der Waals surface area contributed by atoms with E-state index >= 15 is 0 Å². The fourth-order valence-corrected chi connectivity index (χ4v) is 2.53. The average Bonchev–Trinajstić information content (AvgIpc) is 2.95. The second-order valence-corrected chi connectivity index (χ2v) is 5.55. The molecule has 23 heavy (non-hydrogen) atoms. The molecule has 1 aromatic carbocycles. The maximum Gasteiger partial charge on any atom is 0.139 e. The van der Waals surface area contributed by atoms with Gasteiger partial charge in [-0.3, -0.25) is 4.98 Å². The summed E-state index contributed by atoms with van der Waals surface area (Å²) >= 11 is 0. The van der Waals surface area contributed by atoms with Gasteiger partial charge in [-0.15, -0.1) is 0 Å². The van der Waals surface area contributed by atoms with E-state index in [2.05, 4.69) is 21.9 Å². The quantitative estimate of drug-likeness (QED) is 0.725. The van der Waals surface area contributed by atoms with Crippen LogP contribution in [0.5, 0.6) is 0 Å². The fourth-order valence-electron chi connectivity index (χ4n) is 2.53. The number of imidazole rings is 1. The van der Waals surface area contributed by atoms with Crippen molar-refractivity contribution in [3.63, 3.8) is 0 Å². The van der Waals surface area contributed by atoms with Gasteiger partial charge in [-0.25, -0.2) is 9.37 Å². The van der Waals surface area contributed by atoms with E-state index in [0.29, 0.717) is 0 Å². The standard InChI is InChI=1S/C18H19FN4/c1-22(17-7-10-20-11-8-17)12-9-16-13-23(2)18(21-16)14-3-5-15(19)6-4-14/h3-8,10-11,13H,9,12H2,1-2H3. The monoisotopic (exact) mass is 310 g/mol. The molecular formula is C18H19FN4. The zero-order valence-electron chi connectivity index (χ0n) is 13.3. The average molecular weight is 310 g/mol. The van der Waals surface area contributed by atoms with Crippen LogP contribution in [0.3, 0.4) is 0 Å². The molecule has 0 amide bonds. The van der Waals surface area contributed by atoms with Crippen molar-refractivity contribution < 1.29 is 4.39 Å². The molecule has 0 bridgehead atoms. The smallest absolute Gasteiger partial charge is 0.139 e. The molecule has 118 valence electrons. The topological polar surface area (TPSA) is 34.0 Å². The first-order chi connectivity index (χ1) is 11.1. The van der Waals surface area contributed by atoms with Crippen molar-refractivity contribution in [2.75, 3.05) is 18.5 Å². The number of likely N-dealkylation sites (N-methyl/N-ethyl adjacent to an activating group) is 1. The van der Waals surface area contributed by atoms with E-state index in [1.165, 1.54) is 12.1 Å². The Labute approximate surface area is 135 Å². The predicted molar refractivity (Wildman–Crippen MR) is 89.8 cm³/mol. The van der Waals surface area contributed by atoms with E-state index in [0.717, 1.165) is 35.7 Å². The maximum atomic E-state index is 13.0. The second kappa shape index (κ2) is 6.60. The molecule has 4 nitrogen and oxygen atoms in total. The molecule has 0 aliphatic carbocycles. The van der Waals surface area contributed by atoms with Gasteiger partial charge in [0.05, 0.1) is 5.69 Å². The first-order valence-electron chi connectivity index (χ1n) is 7.53. The zero-order chi connectivity index (χ0) is 16.2. The molecule has 0 atom stereocenters. The van der Waals surface area contributed by atoms with Crippen LogP contribution in [0.15, 0.2) is 55.0 Å². The van der Waals surface area contributed by atoms with E-state index in [4.69, 9.17) is 0 Å². The van der Waals surface area contributed by atoms with Gasteiger partial charge in [-0.1, -0.05) is 0 Å². The number of anilines is 1. The molecule has 0 aliphatic rings. The summed E-state index contributed by atoms with van der Waals surface area (Å²) in [6, 6.07) is 10.4. The van der Waals surface area contributed by atoms with Gasteiger partial charge in [0, 0.05) is 56.9 Å². The number of nitrogens with zero attached hydrogens (tertiary/aromatic N) is 4. The SMILES string of the molecule is CN(CCc1cn(C)c(-c2ccc(F)cc2)n1)c1ccncc1. The van der Waals surface area contributed by atoms with Crippen molar-refractivity contribution >= 4 is 5.69 Å². The van der Waals surface area contributed by atoms with Gasteiger partial charge in [-0.05, 0) is 36.4 Å². The minimum Gasteiger partial charge on any atom is -0.374 e. The lowest BCUT2D eigenvalue weighted by Crippen LogP contribution is -2.20. The molecule has 0 radical (unpaired) electrons. The van der Waals surface area contributed by atoms with Crippen molar-refractivity contribution in [3.8, 4) is 11.4 Å². The van der Waals surface area contributed by atoms with Crippen LogP contribution in [0.1, 0.15) is 5.69 Å². The minimum atomic E-state index is -0.234. The molecule has 2 heterocycles. The maximum absolute atomic E-state index is 13.0. The van der Waals surface area contributed by atoms with E-state index in [-0.39, 0.29) is 5.82 Å². The Balaban J connectivity index is 1.70. The highest BCUT2D eigenvalue weighted by molar-refractivity contribution is 5.55. The van der Waals surface area contributed by atoms with Crippen LogP contribution in [-0.4, -0.2) is 28.1 Å². The number of halogens is 1. The summed E-state index contributed by atoms with van der Waals surface area (Å²) < 4.78 is 15.0. The first kappa shape index (κ1) is 15.2. The lowest BCUT2D eigenvalue weighted by molar-refractivity contribution is 0.628. The Kier molecular flexibility index (Phi) is 4.37. The summed E-state index contributed by atoms with van der Waals surface area (Å²) in [5, 5.41) is 0. The molecule has 2 aromatic heterocycles. The summed E-state index contributed by atoms with van der Waals surface area (Å²) in [6.45, 7) is 0.865. The largest absolute Gasteiger partial charge is 0.374 e. The number of hydrogen-bond donors (Lipinski definition) is 0. The molecule has 3 rings (SSSR count). The number of benzene rings is 1. The van der Waals surface area contributed by atoms with E-state index < -0.39 is 0 Å². The summed E-state index contributed by atoms with van der Waals surface area (Å²) in [4.78, 5) is 10.9. The fraction of sp³-hybridized carbons (Fsp3) is 0.222. The summed E-state index contributed by atoms with van der Waals surface area (Å²) in [5.41, 5.74) is 3.07. The van der Waals surface area contributed by atoms with Gasteiger partial charge in [-0.2, -0.15) is 0 Å². The molecule has 0 spiro atoms. The third kappa shape index (κ3) is 3.56. The molecule has 0 saturated carbocycles. The van der Waals surface area contributed by atoms with Crippen molar-refractivity contribution in [2.45, 2.75) is 6.42 Å². The lowest BCUT2D eigenvalue weighted by Gasteiger charge is -2.18. The Hall–Kier alpha value is -2.69. The van der Waals surface area contributed by atoms with Crippen LogP contribution in [0.4, 0.5) is 10.1 Å². The Morgan fingerprint density at radius 3 is 2.48 bits per heavy atom. The van der Waals surface area contributed by atoms with E-state index in [1.807, 2.05) is 29.9 Å². The Morgan fingerprint density at radius 1 is 1.09 bits per heavy atom. The van der Waals surface area contributed by atoms with Crippen LogP contribution in [-0.2, 0) is 13.5 Å². The van der Waals surface area contributed by atoms with Crippen molar-refractivity contribution in [1.82, 2.24) is 14.5 Å². The Morgan fingerprint density at radius 2 is 1.78 bits per heavy atom.